The van der Waals surface area contributed by atoms with Crippen LogP contribution < -0.4 is 4.90 Å². The van der Waals surface area contributed by atoms with Gasteiger partial charge in [0.05, 0.1) is 16.6 Å². The summed E-state index contributed by atoms with van der Waals surface area (Å²) >= 11 is 4.88. The summed E-state index contributed by atoms with van der Waals surface area (Å²) in [7, 11) is 0. The average molecular weight is 599 g/mol. The summed E-state index contributed by atoms with van der Waals surface area (Å²) in [4.78, 5) is 4.50. The number of anilines is 1. The summed E-state index contributed by atoms with van der Waals surface area (Å²) in [5.41, 5.74) is 5.11. The van der Waals surface area contributed by atoms with Gasteiger partial charge in [-0.15, -0.1) is 0 Å². The monoisotopic (exact) mass is 598 g/mol. The molecule has 0 fully saturated rings. The van der Waals surface area contributed by atoms with E-state index >= 15 is 0 Å². The van der Waals surface area contributed by atoms with Gasteiger partial charge >= 0.3 is 36.3 Å². The molecule has 1 aliphatic heterocycles. The van der Waals surface area contributed by atoms with Crippen LogP contribution in [0.2, 0.25) is 0 Å². The molecule has 156 valence electrons. The molecule has 0 bridgehead atoms. The quantitative estimate of drug-likeness (QED) is 0.123. The van der Waals surface area contributed by atoms with E-state index < -0.39 is 0 Å². The molecule has 0 radical (unpaired) electrons. The molecule has 0 N–H and O–H groups in total. The molecule has 0 spiro atoms. The first-order valence-electron chi connectivity index (χ1n) is 10.2. The fraction of sp³-hybridized carbons (Fsp3) is 0.160. The predicted octanol–water partition coefficient (Wildman–Crippen LogP) is 7.23. The Bertz CT molecular complexity index is 1360. The molecule has 2 aromatic heterocycles. The number of fused-ring (bicyclic) bond motifs is 6. The standard InChI is InChI=1S/C25H22N3.Ag.HI/c1-2-3-13-26-14-15-27(17-26)18-11-12-24-22(16-18)21-9-6-8-20-19-7-4-5-10-23(19)28(24)25(20)21;;/h4-12,14-17H,2-3,13H2,1H3;;1H/q-1;+1;/p-1. The van der Waals surface area contributed by atoms with Crippen molar-refractivity contribution >= 4 is 62.8 Å². The first-order valence-corrected chi connectivity index (χ1v) is 14.6. The van der Waals surface area contributed by atoms with Gasteiger partial charge in [0.15, 0.2) is 0 Å². The van der Waals surface area contributed by atoms with Crippen LogP contribution in [0.1, 0.15) is 19.8 Å². The molecule has 1 aliphatic rings. The van der Waals surface area contributed by atoms with Gasteiger partial charge in [-0.2, -0.15) is 6.67 Å². The summed E-state index contributed by atoms with van der Waals surface area (Å²) in [6.45, 7) is 5.51. The molecule has 30 heavy (non-hydrogen) atoms. The summed E-state index contributed by atoms with van der Waals surface area (Å²) in [5, 5.41) is 5.31. The Hall–Kier alpha value is -1.73. The molecular weight excluding hydrogens is 577 g/mol. The molecular formula is C25H22AgIN3-. The van der Waals surface area contributed by atoms with Crippen molar-refractivity contribution in [1.82, 2.24) is 9.30 Å². The topological polar surface area (TPSA) is 10.9 Å². The molecule has 0 atom stereocenters. The van der Waals surface area contributed by atoms with Crippen molar-refractivity contribution in [2.45, 2.75) is 19.8 Å². The molecule has 0 unspecified atom stereocenters. The first kappa shape index (κ1) is 20.2. The van der Waals surface area contributed by atoms with Gasteiger partial charge in [0, 0.05) is 27.2 Å². The van der Waals surface area contributed by atoms with Crippen LogP contribution in [-0.2, 0) is 17.3 Å². The molecule has 0 amide bonds. The van der Waals surface area contributed by atoms with Gasteiger partial charge in [0.25, 0.3) is 0 Å². The van der Waals surface area contributed by atoms with Gasteiger partial charge in [-0.1, -0.05) is 49.7 Å². The number of rotatable bonds is 4. The van der Waals surface area contributed by atoms with Gasteiger partial charge < -0.3 is 14.2 Å². The van der Waals surface area contributed by atoms with E-state index in [0.29, 0.717) is 0 Å². The summed E-state index contributed by atoms with van der Waals surface area (Å²) < 4.78 is 2.43. The number of halogens is 1. The maximum atomic E-state index is 2.92. The molecule has 5 heteroatoms. The van der Waals surface area contributed by atoms with Gasteiger partial charge in [0.2, 0.25) is 0 Å². The molecule has 3 nitrogen and oxygen atoms in total. The van der Waals surface area contributed by atoms with Crippen molar-refractivity contribution in [3.63, 3.8) is 0 Å². The first-order chi connectivity index (χ1) is 14.8. The Labute approximate surface area is 199 Å². The number of unbranched alkanes of at least 4 members (excludes halogenated alkanes) is 1. The SMILES string of the molecule is CCCCN1C=CN(c2ccc3c(c2)c2cccc4c5ccccc5n3c42)[CH-]1.[Ag][I]. The van der Waals surface area contributed by atoms with E-state index in [1.165, 1.54) is 56.6 Å². The summed E-state index contributed by atoms with van der Waals surface area (Å²) in [5.74, 6) is 0. The summed E-state index contributed by atoms with van der Waals surface area (Å²) in [6.07, 6.45) is 6.75. The second-order valence-corrected chi connectivity index (χ2v) is 7.67. The zero-order chi connectivity index (χ0) is 20.7. The number of nitrogens with zero attached hydrogens (tertiary/aromatic N) is 3. The van der Waals surface area contributed by atoms with E-state index in [-0.39, 0.29) is 0 Å². The zero-order valence-corrected chi connectivity index (χ0v) is 20.3. The molecule has 0 saturated heterocycles. The van der Waals surface area contributed by atoms with Crippen molar-refractivity contribution < 1.29 is 17.3 Å². The van der Waals surface area contributed by atoms with Crippen LogP contribution in [0.4, 0.5) is 5.69 Å². The number of benzene rings is 3. The molecule has 6 rings (SSSR count). The van der Waals surface area contributed by atoms with E-state index in [4.69, 9.17) is 0 Å². The Balaban J connectivity index is 0.000000937. The van der Waals surface area contributed by atoms with Crippen LogP contribution in [0.5, 0.6) is 0 Å². The molecule has 5 aromatic rings. The van der Waals surface area contributed by atoms with Crippen molar-refractivity contribution in [1.29, 1.82) is 0 Å². The van der Waals surface area contributed by atoms with E-state index in [0.717, 1.165) is 6.54 Å². The Kier molecular flexibility index (Phi) is 5.67. The average Bonchev–Trinajstić information content (AvgIpc) is 3.50. The number of para-hydroxylation sites is 2. The van der Waals surface area contributed by atoms with Crippen LogP contribution in [0.25, 0.3) is 38.1 Å². The van der Waals surface area contributed by atoms with Gasteiger partial charge in [0.1, 0.15) is 0 Å². The van der Waals surface area contributed by atoms with Gasteiger partial charge in [-0.25, -0.2) is 0 Å². The summed E-state index contributed by atoms with van der Waals surface area (Å²) in [6, 6.07) is 22.2. The Morgan fingerprint density at radius 3 is 2.40 bits per heavy atom. The van der Waals surface area contributed by atoms with Crippen molar-refractivity contribution in [2.75, 3.05) is 11.4 Å². The van der Waals surface area contributed by atoms with E-state index in [2.05, 4.69) is 118 Å². The van der Waals surface area contributed by atoms with Crippen LogP contribution in [0.3, 0.4) is 0 Å². The Morgan fingerprint density at radius 1 is 0.833 bits per heavy atom. The second kappa shape index (κ2) is 8.42. The third-order valence-corrected chi connectivity index (χ3v) is 5.97. The van der Waals surface area contributed by atoms with Crippen LogP contribution in [0, 0.1) is 6.67 Å². The normalized spacial score (nSPS) is 13.9. The number of hydrogen-bond donors (Lipinski definition) is 0. The van der Waals surface area contributed by atoms with Crippen LogP contribution >= 0.6 is 19.0 Å². The second-order valence-electron chi connectivity index (χ2n) is 7.67. The number of aromatic nitrogens is 1. The van der Waals surface area contributed by atoms with Crippen molar-refractivity contribution in [3.05, 3.63) is 79.7 Å². The van der Waals surface area contributed by atoms with Crippen molar-refractivity contribution in [2.24, 2.45) is 0 Å². The van der Waals surface area contributed by atoms with E-state index in [1.54, 1.807) is 0 Å². The fourth-order valence-corrected chi connectivity index (χ4v) is 4.60. The number of hydrogen-bond acceptors (Lipinski definition) is 2. The molecule has 3 heterocycles. The molecule has 3 aromatic carbocycles. The van der Waals surface area contributed by atoms with Crippen molar-refractivity contribution in [3.8, 4) is 0 Å². The third kappa shape index (κ3) is 3.12. The minimum absolute atomic E-state index is 1.07. The minimum atomic E-state index is 1.07. The fourth-order valence-electron chi connectivity index (χ4n) is 4.60. The maximum absolute atomic E-state index is 2.92. The van der Waals surface area contributed by atoms with E-state index in [9.17, 15) is 0 Å². The van der Waals surface area contributed by atoms with Gasteiger partial charge in [-0.05, 0) is 49.6 Å². The van der Waals surface area contributed by atoms with Crippen LogP contribution in [0.15, 0.2) is 73.1 Å². The predicted molar refractivity (Wildman–Crippen MR) is 133 cm³/mol. The van der Waals surface area contributed by atoms with Gasteiger partial charge in [-0.3, -0.25) is 0 Å². The molecule has 0 aliphatic carbocycles. The Morgan fingerprint density at radius 2 is 1.57 bits per heavy atom. The molecule has 0 saturated carbocycles. The van der Waals surface area contributed by atoms with E-state index in [1.807, 2.05) is 19.0 Å². The van der Waals surface area contributed by atoms with Crippen LogP contribution in [-0.4, -0.2) is 15.8 Å². The third-order valence-electron chi connectivity index (χ3n) is 5.97. The zero-order valence-electron chi connectivity index (χ0n) is 16.6.